The van der Waals surface area contributed by atoms with Crippen molar-refractivity contribution >= 4 is 5.97 Å². The van der Waals surface area contributed by atoms with Crippen LogP contribution in [0.15, 0.2) is 0 Å². The van der Waals surface area contributed by atoms with E-state index in [4.69, 9.17) is 0 Å². The average molecular weight is 228 g/mol. The minimum atomic E-state index is -0.214. The van der Waals surface area contributed by atoms with Crippen molar-refractivity contribution in [3.05, 3.63) is 0 Å². The van der Waals surface area contributed by atoms with Gasteiger partial charge in [-0.05, 0) is 24.7 Å². The van der Waals surface area contributed by atoms with Crippen molar-refractivity contribution in [3.8, 4) is 0 Å². The molecule has 16 heavy (non-hydrogen) atoms. The van der Waals surface area contributed by atoms with Gasteiger partial charge in [-0.25, -0.2) is 4.79 Å². The molecular formula is C13H24O3. The highest BCUT2D eigenvalue weighted by molar-refractivity contribution is 5.70. The molecule has 0 N–H and O–H groups in total. The van der Waals surface area contributed by atoms with Gasteiger partial charge in [0.25, 0.3) is 0 Å². The van der Waals surface area contributed by atoms with Crippen molar-refractivity contribution in [1.29, 1.82) is 0 Å². The van der Waals surface area contributed by atoms with Gasteiger partial charge in [-0.3, -0.25) is 4.89 Å². The Hall–Kier alpha value is -0.570. The Balaban J connectivity index is 2.08. The van der Waals surface area contributed by atoms with Gasteiger partial charge in [0, 0.05) is 0 Å². The highest BCUT2D eigenvalue weighted by Crippen LogP contribution is 2.53. The van der Waals surface area contributed by atoms with Gasteiger partial charge >= 0.3 is 5.97 Å². The topological polar surface area (TPSA) is 35.5 Å². The van der Waals surface area contributed by atoms with Crippen LogP contribution in [0.5, 0.6) is 0 Å². The van der Waals surface area contributed by atoms with Crippen LogP contribution in [0.3, 0.4) is 0 Å². The monoisotopic (exact) mass is 228 g/mol. The molecule has 1 aliphatic rings. The molecule has 1 rings (SSSR count). The fourth-order valence-corrected chi connectivity index (χ4v) is 2.22. The summed E-state index contributed by atoms with van der Waals surface area (Å²) >= 11 is 0. The molecule has 1 saturated carbocycles. The fraction of sp³-hybridized carbons (Fsp3) is 0.923. The predicted octanol–water partition coefficient (Wildman–Crippen LogP) is 3.62. The van der Waals surface area contributed by atoms with E-state index >= 15 is 0 Å². The van der Waals surface area contributed by atoms with Crippen LogP contribution in [0.4, 0.5) is 0 Å². The molecule has 1 aliphatic carbocycles. The Morgan fingerprint density at radius 2 is 1.88 bits per heavy atom. The van der Waals surface area contributed by atoms with Gasteiger partial charge in [0.15, 0.2) is 0 Å². The van der Waals surface area contributed by atoms with Crippen molar-refractivity contribution in [2.75, 3.05) is 7.11 Å². The van der Waals surface area contributed by atoms with E-state index in [0.717, 1.165) is 0 Å². The number of hydrogen-bond acceptors (Lipinski definition) is 3. The lowest BCUT2D eigenvalue weighted by Gasteiger charge is -2.12. The Labute approximate surface area is 98.4 Å². The van der Waals surface area contributed by atoms with Crippen molar-refractivity contribution in [3.63, 3.8) is 0 Å². The van der Waals surface area contributed by atoms with Gasteiger partial charge < -0.3 is 0 Å². The maximum absolute atomic E-state index is 11.3. The third-order valence-corrected chi connectivity index (χ3v) is 3.46. The van der Waals surface area contributed by atoms with E-state index in [0.29, 0.717) is 6.42 Å². The van der Waals surface area contributed by atoms with Crippen LogP contribution in [-0.2, 0) is 14.6 Å². The van der Waals surface area contributed by atoms with E-state index in [-0.39, 0.29) is 11.4 Å². The maximum atomic E-state index is 11.3. The largest absolute Gasteiger partial charge is 0.342 e. The Bertz CT molecular complexity index is 209. The summed E-state index contributed by atoms with van der Waals surface area (Å²) in [5, 5.41) is 0. The molecule has 3 nitrogen and oxygen atoms in total. The molecule has 0 spiro atoms. The summed E-state index contributed by atoms with van der Waals surface area (Å²) in [4.78, 5) is 20.2. The molecule has 1 fully saturated rings. The first-order valence-electron chi connectivity index (χ1n) is 6.46. The molecule has 94 valence electrons. The normalized spacial score (nSPS) is 17.1. The van der Waals surface area contributed by atoms with Crippen molar-refractivity contribution in [2.45, 2.75) is 64.7 Å². The van der Waals surface area contributed by atoms with Gasteiger partial charge in [-0.2, -0.15) is 4.89 Å². The zero-order valence-electron chi connectivity index (χ0n) is 10.6. The molecule has 0 bridgehead atoms. The zero-order valence-corrected chi connectivity index (χ0v) is 10.6. The molecule has 0 aromatic rings. The highest BCUT2D eigenvalue weighted by atomic mass is 17.2. The Morgan fingerprint density at radius 3 is 2.44 bits per heavy atom. The lowest BCUT2D eigenvalue weighted by Crippen LogP contribution is -2.12. The average Bonchev–Trinajstić information content (AvgIpc) is 2.98. The van der Waals surface area contributed by atoms with Crippen molar-refractivity contribution < 1.29 is 14.6 Å². The summed E-state index contributed by atoms with van der Waals surface area (Å²) in [7, 11) is 1.38. The van der Waals surface area contributed by atoms with E-state index in [9.17, 15) is 4.79 Å². The third-order valence-electron chi connectivity index (χ3n) is 3.46. The zero-order chi connectivity index (χ0) is 11.9. The standard InChI is InChI=1S/C13H24O3/c1-3-4-5-6-7-8-13(9-10-13)11-12(14)16-15-2/h3-11H2,1-2H3. The Morgan fingerprint density at radius 1 is 1.19 bits per heavy atom. The number of hydrogen-bond donors (Lipinski definition) is 0. The predicted molar refractivity (Wildman–Crippen MR) is 62.8 cm³/mol. The van der Waals surface area contributed by atoms with Gasteiger partial charge in [0.1, 0.15) is 0 Å². The number of carbonyl (C=O) groups is 1. The van der Waals surface area contributed by atoms with Crippen LogP contribution in [0, 0.1) is 5.41 Å². The van der Waals surface area contributed by atoms with Crippen LogP contribution in [0.1, 0.15) is 64.7 Å². The van der Waals surface area contributed by atoms with Crippen LogP contribution in [0.25, 0.3) is 0 Å². The first-order chi connectivity index (χ1) is 7.72. The van der Waals surface area contributed by atoms with E-state index in [2.05, 4.69) is 16.7 Å². The van der Waals surface area contributed by atoms with E-state index in [1.807, 2.05) is 0 Å². The van der Waals surface area contributed by atoms with Gasteiger partial charge in [0.2, 0.25) is 0 Å². The smallest absolute Gasteiger partial charge is 0.299 e. The summed E-state index contributed by atoms with van der Waals surface area (Å²) in [6.45, 7) is 2.23. The summed E-state index contributed by atoms with van der Waals surface area (Å²) in [6.07, 6.45) is 10.6. The molecule has 0 aromatic heterocycles. The van der Waals surface area contributed by atoms with Gasteiger partial charge in [0.05, 0.1) is 13.5 Å². The summed E-state index contributed by atoms with van der Waals surface area (Å²) in [5.41, 5.74) is 0.266. The molecule has 0 atom stereocenters. The molecule has 0 amide bonds. The second-order valence-electron chi connectivity index (χ2n) is 4.96. The first kappa shape index (κ1) is 13.5. The molecule has 0 heterocycles. The summed E-state index contributed by atoms with van der Waals surface area (Å²) in [6, 6.07) is 0. The van der Waals surface area contributed by atoms with E-state index in [1.165, 1.54) is 58.5 Å². The molecule has 0 radical (unpaired) electrons. The molecule has 0 aromatic carbocycles. The van der Waals surface area contributed by atoms with Crippen LogP contribution < -0.4 is 0 Å². The fourth-order valence-electron chi connectivity index (χ4n) is 2.22. The summed E-state index contributed by atoms with van der Waals surface area (Å²) in [5.74, 6) is -0.214. The molecular weight excluding hydrogens is 204 g/mol. The van der Waals surface area contributed by atoms with Crippen molar-refractivity contribution in [1.82, 2.24) is 0 Å². The number of unbranched alkanes of at least 4 members (excludes halogenated alkanes) is 4. The lowest BCUT2D eigenvalue weighted by molar-refractivity contribution is -0.256. The lowest BCUT2D eigenvalue weighted by atomic mass is 9.94. The first-order valence-corrected chi connectivity index (χ1v) is 6.46. The SMILES string of the molecule is CCCCCCCC1(CC(=O)OOC)CC1. The molecule has 3 heteroatoms. The third kappa shape index (κ3) is 4.97. The van der Waals surface area contributed by atoms with Crippen molar-refractivity contribution in [2.24, 2.45) is 5.41 Å². The second kappa shape index (κ2) is 6.89. The van der Waals surface area contributed by atoms with E-state index < -0.39 is 0 Å². The molecule has 0 unspecified atom stereocenters. The van der Waals surface area contributed by atoms with Gasteiger partial charge in [-0.15, -0.1) is 0 Å². The molecule has 0 saturated heterocycles. The quantitative estimate of drug-likeness (QED) is 0.343. The highest BCUT2D eigenvalue weighted by Gasteiger charge is 2.44. The number of rotatable bonds is 9. The Kier molecular flexibility index (Phi) is 5.81. The van der Waals surface area contributed by atoms with Crippen LogP contribution >= 0.6 is 0 Å². The van der Waals surface area contributed by atoms with Gasteiger partial charge in [-0.1, -0.05) is 39.0 Å². The van der Waals surface area contributed by atoms with Crippen LogP contribution in [0.2, 0.25) is 0 Å². The summed E-state index contributed by atoms with van der Waals surface area (Å²) < 4.78 is 0. The minimum Gasteiger partial charge on any atom is -0.299 e. The maximum Gasteiger partial charge on any atom is 0.342 e. The molecule has 0 aliphatic heterocycles. The van der Waals surface area contributed by atoms with E-state index in [1.54, 1.807) is 0 Å². The second-order valence-corrected chi connectivity index (χ2v) is 4.96. The van der Waals surface area contributed by atoms with Crippen LogP contribution in [-0.4, -0.2) is 13.1 Å². The minimum absolute atomic E-state index is 0.214. The number of carbonyl (C=O) groups excluding carboxylic acids is 1.